The molecule has 1 aromatic carbocycles. The summed E-state index contributed by atoms with van der Waals surface area (Å²) in [6.45, 7) is 6.84. The molecule has 0 aliphatic rings. The molecule has 0 fully saturated rings. The van der Waals surface area contributed by atoms with Crippen LogP contribution in [0, 0.1) is 0 Å². The first-order valence-electron chi connectivity index (χ1n) is 7.88. The highest BCUT2D eigenvalue weighted by atomic mass is 15.5. The SMILES string of the molecule is C=CCCC/C=C(\C)Cn1ccc2c(-c3nn[nH]n3)cccc21. The first-order chi connectivity index (χ1) is 11.3. The number of aromatic amines is 1. The molecule has 0 saturated carbocycles. The van der Waals surface area contributed by atoms with Crippen LogP contribution in [0.5, 0.6) is 0 Å². The Morgan fingerprint density at radius 1 is 1.30 bits per heavy atom. The summed E-state index contributed by atoms with van der Waals surface area (Å²) in [5.41, 5.74) is 3.56. The van der Waals surface area contributed by atoms with Gasteiger partial charge in [0.2, 0.25) is 5.82 Å². The van der Waals surface area contributed by atoms with Gasteiger partial charge in [0.25, 0.3) is 0 Å². The van der Waals surface area contributed by atoms with Gasteiger partial charge in [-0.15, -0.1) is 16.8 Å². The van der Waals surface area contributed by atoms with Crippen LogP contribution in [-0.4, -0.2) is 25.2 Å². The number of hydrogen-bond acceptors (Lipinski definition) is 3. The van der Waals surface area contributed by atoms with Gasteiger partial charge in [-0.2, -0.15) is 5.21 Å². The summed E-state index contributed by atoms with van der Waals surface area (Å²) >= 11 is 0. The normalized spacial score (nSPS) is 12.0. The minimum Gasteiger partial charge on any atom is -0.343 e. The van der Waals surface area contributed by atoms with Crippen molar-refractivity contribution in [3.63, 3.8) is 0 Å². The molecule has 118 valence electrons. The maximum atomic E-state index is 4.09. The van der Waals surface area contributed by atoms with E-state index in [-0.39, 0.29) is 0 Å². The van der Waals surface area contributed by atoms with Gasteiger partial charge in [-0.1, -0.05) is 29.9 Å². The highest BCUT2D eigenvalue weighted by Gasteiger charge is 2.10. The van der Waals surface area contributed by atoms with Gasteiger partial charge in [0.15, 0.2) is 0 Å². The Kier molecular flexibility index (Phi) is 4.66. The minimum absolute atomic E-state index is 0.630. The average Bonchev–Trinajstić information content (AvgIpc) is 3.22. The number of H-pyrrole nitrogens is 1. The molecular formula is C18H21N5. The van der Waals surface area contributed by atoms with E-state index in [0.717, 1.165) is 36.8 Å². The molecule has 0 bridgehead atoms. The van der Waals surface area contributed by atoms with Gasteiger partial charge in [0.05, 0.1) is 0 Å². The number of nitrogens with one attached hydrogen (secondary N) is 1. The molecule has 23 heavy (non-hydrogen) atoms. The summed E-state index contributed by atoms with van der Waals surface area (Å²) in [5.74, 6) is 0.630. The van der Waals surface area contributed by atoms with Crippen LogP contribution >= 0.6 is 0 Å². The molecule has 0 radical (unpaired) electrons. The highest BCUT2D eigenvalue weighted by molar-refractivity contribution is 5.93. The molecule has 0 atom stereocenters. The Hall–Kier alpha value is -2.69. The summed E-state index contributed by atoms with van der Waals surface area (Å²) in [7, 11) is 0. The molecule has 0 saturated heterocycles. The summed E-state index contributed by atoms with van der Waals surface area (Å²) in [6, 6.07) is 8.30. The smallest absolute Gasteiger partial charge is 0.205 e. The van der Waals surface area contributed by atoms with Crippen LogP contribution < -0.4 is 0 Å². The average molecular weight is 307 g/mol. The van der Waals surface area contributed by atoms with Crippen molar-refractivity contribution in [2.45, 2.75) is 32.7 Å². The Balaban J connectivity index is 1.83. The number of aromatic nitrogens is 5. The molecule has 2 heterocycles. The Bertz CT molecular complexity index is 811. The van der Waals surface area contributed by atoms with E-state index < -0.39 is 0 Å². The Labute approximate surface area is 135 Å². The zero-order valence-electron chi connectivity index (χ0n) is 13.4. The number of tetrazole rings is 1. The number of nitrogens with zero attached hydrogens (tertiary/aromatic N) is 4. The number of fused-ring (bicyclic) bond motifs is 1. The van der Waals surface area contributed by atoms with Crippen LogP contribution in [0.4, 0.5) is 0 Å². The molecule has 3 rings (SSSR count). The lowest BCUT2D eigenvalue weighted by Crippen LogP contribution is -1.97. The first kappa shape index (κ1) is 15.2. The lowest BCUT2D eigenvalue weighted by molar-refractivity contribution is 0.797. The van der Waals surface area contributed by atoms with Crippen molar-refractivity contribution in [3.05, 3.63) is 54.8 Å². The molecule has 2 aromatic heterocycles. The van der Waals surface area contributed by atoms with Crippen molar-refractivity contribution in [2.24, 2.45) is 0 Å². The third kappa shape index (κ3) is 3.39. The second-order valence-electron chi connectivity index (χ2n) is 5.69. The molecule has 1 N–H and O–H groups in total. The molecule has 0 amide bonds. The van der Waals surface area contributed by atoms with E-state index in [0.29, 0.717) is 5.82 Å². The maximum absolute atomic E-state index is 4.09. The van der Waals surface area contributed by atoms with Gasteiger partial charge in [-0.3, -0.25) is 0 Å². The van der Waals surface area contributed by atoms with Gasteiger partial charge in [-0.25, -0.2) is 0 Å². The van der Waals surface area contributed by atoms with Gasteiger partial charge >= 0.3 is 0 Å². The van der Waals surface area contributed by atoms with Crippen LogP contribution in [0.2, 0.25) is 0 Å². The standard InChI is InChI=1S/C18H21N5/c1-3-4-5-6-8-14(2)13-23-12-11-15-16(9-7-10-17(15)23)18-19-21-22-20-18/h3,7-12H,1,4-6,13H2,2H3,(H,19,20,21,22)/b14-8+. The molecular weight excluding hydrogens is 286 g/mol. The molecule has 5 heteroatoms. The second-order valence-corrected chi connectivity index (χ2v) is 5.69. The fourth-order valence-electron chi connectivity index (χ4n) is 2.78. The van der Waals surface area contributed by atoms with Crippen LogP contribution in [-0.2, 0) is 6.54 Å². The topological polar surface area (TPSA) is 59.4 Å². The number of rotatable bonds is 7. The van der Waals surface area contributed by atoms with E-state index in [1.54, 1.807) is 0 Å². The van der Waals surface area contributed by atoms with Crippen LogP contribution in [0.3, 0.4) is 0 Å². The molecule has 3 aromatic rings. The van der Waals surface area contributed by atoms with Crippen molar-refractivity contribution < 1.29 is 0 Å². The third-order valence-electron chi connectivity index (χ3n) is 3.92. The lowest BCUT2D eigenvalue weighted by Gasteiger charge is -2.07. The van der Waals surface area contributed by atoms with Crippen molar-refractivity contribution in [3.8, 4) is 11.4 Å². The summed E-state index contributed by atoms with van der Waals surface area (Å²) in [5, 5.41) is 15.5. The third-order valence-corrected chi connectivity index (χ3v) is 3.92. The highest BCUT2D eigenvalue weighted by Crippen LogP contribution is 2.27. The van der Waals surface area contributed by atoms with E-state index in [4.69, 9.17) is 0 Å². The molecule has 0 aliphatic heterocycles. The Morgan fingerprint density at radius 3 is 3.00 bits per heavy atom. The van der Waals surface area contributed by atoms with E-state index in [9.17, 15) is 0 Å². The second kappa shape index (κ2) is 7.05. The maximum Gasteiger partial charge on any atom is 0.205 e. The molecule has 0 aliphatic carbocycles. The summed E-state index contributed by atoms with van der Waals surface area (Å²) in [6.07, 6.45) is 9.75. The van der Waals surface area contributed by atoms with Gasteiger partial charge in [-0.05, 0) is 43.5 Å². The quantitative estimate of drug-likeness (QED) is 0.527. The summed E-state index contributed by atoms with van der Waals surface area (Å²) in [4.78, 5) is 0. The molecule has 0 unspecified atom stereocenters. The monoisotopic (exact) mass is 307 g/mol. The lowest BCUT2D eigenvalue weighted by atomic mass is 10.1. The van der Waals surface area contributed by atoms with Gasteiger partial charge in [0.1, 0.15) is 0 Å². The van der Waals surface area contributed by atoms with Crippen molar-refractivity contribution in [1.29, 1.82) is 0 Å². The zero-order chi connectivity index (χ0) is 16.1. The van der Waals surface area contributed by atoms with E-state index in [1.807, 2.05) is 18.2 Å². The first-order valence-corrected chi connectivity index (χ1v) is 7.88. The van der Waals surface area contributed by atoms with Crippen LogP contribution in [0.15, 0.2) is 54.8 Å². The Morgan fingerprint density at radius 2 is 2.22 bits per heavy atom. The number of unbranched alkanes of at least 4 members (excludes halogenated alkanes) is 2. The predicted octanol–water partition coefficient (Wildman–Crippen LogP) is 4.12. The van der Waals surface area contributed by atoms with Gasteiger partial charge < -0.3 is 4.57 Å². The van der Waals surface area contributed by atoms with E-state index in [2.05, 4.69) is 63.1 Å². The van der Waals surface area contributed by atoms with Crippen molar-refractivity contribution >= 4 is 10.9 Å². The largest absolute Gasteiger partial charge is 0.343 e. The number of allylic oxidation sites excluding steroid dienone is 3. The fraction of sp³-hybridized carbons (Fsp3) is 0.278. The predicted molar refractivity (Wildman–Crippen MR) is 92.9 cm³/mol. The van der Waals surface area contributed by atoms with Crippen molar-refractivity contribution in [2.75, 3.05) is 0 Å². The minimum atomic E-state index is 0.630. The van der Waals surface area contributed by atoms with E-state index >= 15 is 0 Å². The van der Waals surface area contributed by atoms with Crippen LogP contribution in [0.25, 0.3) is 22.3 Å². The van der Waals surface area contributed by atoms with Crippen molar-refractivity contribution in [1.82, 2.24) is 25.2 Å². The fourth-order valence-corrected chi connectivity index (χ4v) is 2.78. The zero-order valence-corrected chi connectivity index (χ0v) is 13.4. The van der Waals surface area contributed by atoms with Gasteiger partial charge in [0, 0.05) is 29.2 Å². The summed E-state index contributed by atoms with van der Waals surface area (Å²) < 4.78 is 2.26. The van der Waals surface area contributed by atoms with Crippen LogP contribution in [0.1, 0.15) is 26.2 Å². The van der Waals surface area contributed by atoms with E-state index in [1.165, 1.54) is 11.1 Å². The number of hydrogen-bond donors (Lipinski definition) is 1. The molecule has 0 spiro atoms. The number of benzene rings is 1. The molecule has 5 nitrogen and oxygen atoms in total.